The number of nitrogens with one attached hydrogen (secondary N) is 1. The molecule has 0 heterocycles. The summed E-state index contributed by atoms with van der Waals surface area (Å²) >= 11 is 5.93. The van der Waals surface area contributed by atoms with Crippen LogP contribution in [0.5, 0.6) is 0 Å². The van der Waals surface area contributed by atoms with Crippen molar-refractivity contribution in [1.29, 1.82) is 0 Å². The average molecular weight is 361 g/mol. The second-order valence-corrected chi connectivity index (χ2v) is 8.16. The van der Waals surface area contributed by atoms with Crippen LogP contribution in [0, 0.1) is 0 Å². The minimum atomic E-state index is 0.327. The largest absolute Gasteiger partial charge is 0.330 e. The number of nitrogens with two attached hydrogens (primary N) is 1. The molecule has 0 rings (SSSR count). The standard InChI is InChI=1S/C21H45ClN2/c1-21(22)17-16-20-24-19-15-13-11-9-7-5-3-2-4-6-8-10-12-14-18-23/h21,24H,2-20,23H2,1H3. The summed E-state index contributed by atoms with van der Waals surface area (Å²) in [5.74, 6) is 0. The molecule has 0 aliphatic rings. The molecule has 3 heteroatoms. The number of hydrogen-bond acceptors (Lipinski definition) is 2. The third kappa shape index (κ3) is 22.2. The molecule has 3 N–H and O–H groups in total. The lowest BCUT2D eigenvalue weighted by Gasteiger charge is -2.06. The summed E-state index contributed by atoms with van der Waals surface area (Å²) in [6, 6.07) is 0. The number of alkyl halides is 1. The molecule has 0 radical (unpaired) electrons. The van der Waals surface area contributed by atoms with E-state index in [4.69, 9.17) is 17.3 Å². The van der Waals surface area contributed by atoms with Crippen LogP contribution in [0.15, 0.2) is 0 Å². The molecule has 1 atom stereocenters. The van der Waals surface area contributed by atoms with E-state index in [0.29, 0.717) is 5.38 Å². The van der Waals surface area contributed by atoms with Crippen molar-refractivity contribution < 1.29 is 0 Å². The van der Waals surface area contributed by atoms with Crippen molar-refractivity contribution in [3.63, 3.8) is 0 Å². The van der Waals surface area contributed by atoms with Gasteiger partial charge in [0.1, 0.15) is 0 Å². The molecule has 0 aromatic rings. The first-order valence-corrected chi connectivity index (χ1v) is 11.3. The van der Waals surface area contributed by atoms with E-state index in [9.17, 15) is 0 Å². The Morgan fingerprint density at radius 2 is 1.00 bits per heavy atom. The maximum absolute atomic E-state index is 5.93. The van der Waals surface area contributed by atoms with E-state index in [0.717, 1.165) is 19.5 Å². The van der Waals surface area contributed by atoms with Crippen molar-refractivity contribution in [3.05, 3.63) is 0 Å². The van der Waals surface area contributed by atoms with Gasteiger partial charge in [0.15, 0.2) is 0 Å². The van der Waals surface area contributed by atoms with Gasteiger partial charge in [0.2, 0.25) is 0 Å². The van der Waals surface area contributed by atoms with Gasteiger partial charge >= 0.3 is 0 Å². The smallest absolute Gasteiger partial charge is 0.0308 e. The second-order valence-electron chi connectivity index (χ2n) is 7.41. The molecule has 24 heavy (non-hydrogen) atoms. The molecular weight excluding hydrogens is 316 g/mol. The molecule has 0 saturated carbocycles. The molecule has 146 valence electrons. The van der Waals surface area contributed by atoms with E-state index in [1.54, 1.807) is 0 Å². The second kappa shape index (κ2) is 21.3. The number of hydrogen-bond donors (Lipinski definition) is 2. The Kier molecular flexibility index (Phi) is 21.4. The van der Waals surface area contributed by atoms with Gasteiger partial charge in [-0.1, -0.05) is 77.0 Å². The van der Waals surface area contributed by atoms with Gasteiger partial charge in [-0.25, -0.2) is 0 Å². The van der Waals surface area contributed by atoms with E-state index in [1.807, 2.05) is 0 Å². The fourth-order valence-electron chi connectivity index (χ4n) is 3.15. The van der Waals surface area contributed by atoms with Crippen molar-refractivity contribution >= 4 is 11.6 Å². The Labute approximate surface area is 157 Å². The molecule has 1 unspecified atom stereocenters. The fourth-order valence-corrected chi connectivity index (χ4v) is 3.30. The highest BCUT2D eigenvalue weighted by atomic mass is 35.5. The molecule has 0 aliphatic carbocycles. The predicted octanol–water partition coefficient (Wildman–Crippen LogP) is 6.40. The summed E-state index contributed by atoms with van der Waals surface area (Å²) in [5, 5.41) is 3.85. The maximum Gasteiger partial charge on any atom is 0.0308 e. The number of halogens is 1. The zero-order chi connectivity index (χ0) is 17.7. The van der Waals surface area contributed by atoms with Gasteiger partial charge in [-0.2, -0.15) is 0 Å². The molecule has 0 aromatic carbocycles. The summed E-state index contributed by atoms with van der Waals surface area (Å²) < 4.78 is 0. The highest BCUT2D eigenvalue weighted by Crippen LogP contribution is 2.12. The summed E-state index contributed by atoms with van der Waals surface area (Å²) in [7, 11) is 0. The van der Waals surface area contributed by atoms with Crippen LogP contribution < -0.4 is 11.1 Å². The molecule has 0 fully saturated rings. The van der Waals surface area contributed by atoms with Gasteiger partial charge in [-0.15, -0.1) is 11.6 Å². The van der Waals surface area contributed by atoms with Crippen LogP contribution in [0.1, 0.15) is 110 Å². The van der Waals surface area contributed by atoms with E-state index < -0.39 is 0 Å². The van der Waals surface area contributed by atoms with Gasteiger partial charge in [-0.05, 0) is 52.2 Å². The predicted molar refractivity (Wildman–Crippen MR) is 111 cm³/mol. The molecule has 0 bridgehead atoms. The minimum absolute atomic E-state index is 0.327. The van der Waals surface area contributed by atoms with E-state index >= 15 is 0 Å². The highest BCUT2D eigenvalue weighted by Gasteiger charge is 1.96. The van der Waals surface area contributed by atoms with Gasteiger partial charge in [0.25, 0.3) is 0 Å². The Balaban J connectivity index is 2.95. The van der Waals surface area contributed by atoms with Gasteiger partial charge < -0.3 is 11.1 Å². The summed E-state index contributed by atoms with van der Waals surface area (Å²) in [4.78, 5) is 0. The summed E-state index contributed by atoms with van der Waals surface area (Å²) in [5.41, 5.74) is 5.50. The minimum Gasteiger partial charge on any atom is -0.330 e. The summed E-state index contributed by atoms with van der Waals surface area (Å²) in [6.45, 7) is 5.25. The topological polar surface area (TPSA) is 38.0 Å². The first-order valence-electron chi connectivity index (χ1n) is 10.8. The van der Waals surface area contributed by atoms with Gasteiger partial charge in [0.05, 0.1) is 0 Å². The van der Waals surface area contributed by atoms with Crippen LogP contribution in [-0.2, 0) is 0 Å². The lowest BCUT2D eigenvalue weighted by molar-refractivity contribution is 0.526. The zero-order valence-corrected chi connectivity index (χ0v) is 17.2. The molecule has 0 spiro atoms. The maximum atomic E-state index is 5.93. The van der Waals surface area contributed by atoms with Crippen LogP contribution in [-0.4, -0.2) is 25.0 Å². The molecule has 0 amide bonds. The van der Waals surface area contributed by atoms with E-state index in [2.05, 4.69) is 12.2 Å². The van der Waals surface area contributed by atoms with Crippen LogP contribution in [0.25, 0.3) is 0 Å². The quantitative estimate of drug-likeness (QED) is 0.194. The SMILES string of the molecule is CC(Cl)CCCNCCCCCCCCCCCCCCCCN. The monoisotopic (exact) mass is 360 g/mol. The van der Waals surface area contributed by atoms with Gasteiger partial charge in [-0.3, -0.25) is 0 Å². The van der Waals surface area contributed by atoms with Crippen LogP contribution in [0.3, 0.4) is 0 Å². The molecule has 0 aliphatic heterocycles. The van der Waals surface area contributed by atoms with E-state index in [-0.39, 0.29) is 0 Å². The molecule has 0 saturated heterocycles. The average Bonchev–Trinajstić information content (AvgIpc) is 2.56. The van der Waals surface area contributed by atoms with Crippen molar-refractivity contribution in [2.45, 2.75) is 115 Å². The molecule has 0 aromatic heterocycles. The molecule has 2 nitrogen and oxygen atoms in total. The van der Waals surface area contributed by atoms with Crippen LogP contribution in [0.2, 0.25) is 0 Å². The van der Waals surface area contributed by atoms with Crippen molar-refractivity contribution in [1.82, 2.24) is 5.32 Å². The van der Waals surface area contributed by atoms with Crippen molar-refractivity contribution in [2.24, 2.45) is 5.73 Å². The lowest BCUT2D eigenvalue weighted by Crippen LogP contribution is -2.17. The zero-order valence-electron chi connectivity index (χ0n) is 16.5. The summed E-state index contributed by atoms with van der Waals surface area (Å²) in [6.07, 6.45) is 21.9. The first kappa shape index (κ1) is 24.2. The molecular formula is C21H45ClN2. The van der Waals surface area contributed by atoms with Crippen LogP contribution in [0.4, 0.5) is 0 Å². The van der Waals surface area contributed by atoms with Crippen molar-refractivity contribution in [3.8, 4) is 0 Å². The van der Waals surface area contributed by atoms with Gasteiger partial charge in [0, 0.05) is 5.38 Å². The Morgan fingerprint density at radius 3 is 1.42 bits per heavy atom. The third-order valence-corrected chi connectivity index (χ3v) is 4.98. The van der Waals surface area contributed by atoms with Crippen molar-refractivity contribution in [2.75, 3.05) is 19.6 Å². The van der Waals surface area contributed by atoms with E-state index in [1.165, 1.54) is 103 Å². The Bertz CT molecular complexity index is 222. The van der Waals surface area contributed by atoms with Crippen LogP contribution >= 0.6 is 11.6 Å². The fraction of sp³-hybridized carbons (Fsp3) is 1.00. The Hall–Kier alpha value is 0.210. The number of rotatable bonds is 20. The normalized spacial score (nSPS) is 12.6. The lowest BCUT2D eigenvalue weighted by atomic mass is 10.0. The first-order chi connectivity index (χ1) is 11.8. The Morgan fingerprint density at radius 1 is 0.625 bits per heavy atom. The number of unbranched alkanes of at least 4 members (excludes halogenated alkanes) is 13. The highest BCUT2D eigenvalue weighted by molar-refractivity contribution is 6.20. The third-order valence-electron chi connectivity index (χ3n) is 4.76.